The zero-order chi connectivity index (χ0) is 21.0. The van der Waals surface area contributed by atoms with Crippen LogP contribution in [0, 0.1) is 6.92 Å². The molecule has 0 radical (unpaired) electrons. The van der Waals surface area contributed by atoms with Gasteiger partial charge in [-0.3, -0.25) is 9.52 Å². The van der Waals surface area contributed by atoms with Gasteiger partial charge in [0, 0.05) is 22.0 Å². The molecular weight excluding hydrogens is 412 g/mol. The number of amides is 1. The quantitative estimate of drug-likeness (QED) is 0.593. The van der Waals surface area contributed by atoms with Gasteiger partial charge in [-0.15, -0.1) is 0 Å². The molecule has 0 spiro atoms. The number of methoxy groups -OCH3 is 1. The van der Waals surface area contributed by atoms with Crippen molar-refractivity contribution < 1.29 is 17.9 Å². The third-order valence-electron chi connectivity index (χ3n) is 4.18. The molecule has 0 aliphatic heterocycles. The average Bonchev–Trinajstić information content (AvgIpc) is 2.71. The first-order valence-corrected chi connectivity index (χ1v) is 10.5. The van der Waals surface area contributed by atoms with E-state index in [1.807, 2.05) is 6.92 Å². The first-order valence-electron chi connectivity index (χ1n) is 8.63. The van der Waals surface area contributed by atoms with Crippen molar-refractivity contribution >= 4 is 38.9 Å². The highest BCUT2D eigenvalue weighted by atomic mass is 35.5. The fourth-order valence-electron chi connectivity index (χ4n) is 2.55. The van der Waals surface area contributed by atoms with Gasteiger partial charge in [0.15, 0.2) is 0 Å². The lowest BCUT2D eigenvalue weighted by molar-refractivity contribution is 0.102. The molecule has 0 saturated carbocycles. The van der Waals surface area contributed by atoms with Gasteiger partial charge in [-0.2, -0.15) is 0 Å². The van der Waals surface area contributed by atoms with E-state index in [1.165, 1.54) is 31.4 Å². The highest BCUT2D eigenvalue weighted by Crippen LogP contribution is 2.22. The molecule has 0 aliphatic rings. The molecule has 29 heavy (non-hydrogen) atoms. The van der Waals surface area contributed by atoms with E-state index in [4.69, 9.17) is 16.3 Å². The Labute approximate surface area is 174 Å². The van der Waals surface area contributed by atoms with Crippen LogP contribution in [0.15, 0.2) is 71.6 Å². The highest BCUT2D eigenvalue weighted by Gasteiger charge is 2.17. The maximum absolute atomic E-state index is 12.7. The molecule has 6 nitrogen and oxygen atoms in total. The molecule has 0 heterocycles. The molecule has 0 aromatic heterocycles. The maximum Gasteiger partial charge on any atom is 0.261 e. The number of ether oxygens (including phenoxy) is 1. The van der Waals surface area contributed by atoms with Crippen molar-refractivity contribution in [2.45, 2.75) is 11.8 Å². The minimum Gasteiger partial charge on any atom is -0.497 e. The number of aryl methyl sites for hydroxylation is 1. The smallest absolute Gasteiger partial charge is 0.261 e. The van der Waals surface area contributed by atoms with Crippen molar-refractivity contribution in [3.8, 4) is 5.75 Å². The van der Waals surface area contributed by atoms with E-state index < -0.39 is 15.9 Å². The minimum atomic E-state index is -3.87. The minimum absolute atomic E-state index is 0.0251. The summed E-state index contributed by atoms with van der Waals surface area (Å²) in [4.78, 5) is 12.5. The fourth-order valence-corrected chi connectivity index (χ4v) is 3.84. The molecule has 2 N–H and O–H groups in total. The second kappa shape index (κ2) is 8.55. The Morgan fingerprint density at radius 2 is 1.66 bits per heavy atom. The Bertz CT molecular complexity index is 1150. The number of halogens is 1. The van der Waals surface area contributed by atoms with Gasteiger partial charge in [-0.25, -0.2) is 8.42 Å². The Morgan fingerprint density at radius 3 is 2.31 bits per heavy atom. The highest BCUT2D eigenvalue weighted by molar-refractivity contribution is 7.92. The average molecular weight is 431 g/mol. The zero-order valence-corrected chi connectivity index (χ0v) is 17.3. The van der Waals surface area contributed by atoms with Crippen LogP contribution in [0.2, 0.25) is 5.02 Å². The molecule has 0 fully saturated rings. The van der Waals surface area contributed by atoms with Gasteiger partial charge in [0.2, 0.25) is 0 Å². The number of rotatable bonds is 6. The van der Waals surface area contributed by atoms with Gasteiger partial charge >= 0.3 is 0 Å². The van der Waals surface area contributed by atoms with E-state index in [1.54, 1.807) is 42.5 Å². The van der Waals surface area contributed by atoms with E-state index in [2.05, 4.69) is 10.0 Å². The molecule has 0 saturated heterocycles. The normalized spacial score (nSPS) is 11.0. The summed E-state index contributed by atoms with van der Waals surface area (Å²) in [5.74, 6) is 0.175. The van der Waals surface area contributed by atoms with Crippen LogP contribution in [0.4, 0.5) is 11.4 Å². The molecule has 150 valence electrons. The monoisotopic (exact) mass is 430 g/mol. The SMILES string of the molecule is COc1ccc(NS(=O)(=O)c2cccc(C(=O)Nc3ccc(C)c(Cl)c3)c2)cc1. The lowest BCUT2D eigenvalue weighted by Crippen LogP contribution is -2.16. The summed E-state index contributed by atoms with van der Waals surface area (Å²) >= 11 is 6.08. The molecule has 3 rings (SSSR count). The number of nitrogens with one attached hydrogen (secondary N) is 2. The predicted molar refractivity (Wildman–Crippen MR) is 114 cm³/mol. The lowest BCUT2D eigenvalue weighted by atomic mass is 10.2. The van der Waals surface area contributed by atoms with E-state index in [-0.39, 0.29) is 10.5 Å². The Balaban J connectivity index is 1.79. The van der Waals surface area contributed by atoms with Crippen molar-refractivity contribution in [2.75, 3.05) is 17.1 Å². The molecule has 0 unspecified atom stereocenters. The van der Waals surface area contributed by atoms with Gasteiger partial charge < -0.3 is 10.1 Å². The summed E-state index contributed by atoms with van der Waals surface area (Å²) in [6.45, 7) is 1.86. The topological polar surface area (TPSA) is 84.5 Å². The van der Waals surface area contributed by atoms with Gasteiger partial charge in [0.05, 0.1) is 12.0 Å². The van der Waals surface area contributed by atoms with E-state index in [0.717, 1.165) is 5.56 Å². The van der Waals surface area contributed by atoms with Crippen LogP contribution >= 0.6 is 11.6 Å². The number of hydrogen-bond acceptors (Lipinski definition) is 4. The molecule has 8 heteroatoms. The molecule has 3 aromatic rings. The van der Waals surface area contributed by atoms with Crippen LogP contribution < -0.4 is 14.8 Å². The second-order valence-corrected chi connectivity index (χ2v) is 8.37. The van der Waals surface area contributed by atoms with E-state index >= 15 is 0 Å². The first kappa shape index (κ1) is 20.7. The zero-order valence-electron chi connectivity index (χ0n) is 15.8. The molecule has 3 aromatic carbocycles. The van der Waals surface area contributed by atoms with Crippen molar-refractivity contribution in [3.63, 3.8) is 0 Å². The second-order valence-electron chi connectivity index (χ2n) is 6.28. The Morgan fingerprint density at radius 1 is 0.966 bits per heavy atom. The molecular formula is C21H19ClN2O4S. The lowest BCUT2D eigenvalue weighted by Gasteiger charge is -2.11. The van der Waals surface area contributed by atoms with Crippen molar-refractivity contribution in [1.29, 1.82) is 0 Å². The number of anilines is 2. The number of sulfonamides is 1. The van der Waals surface area contributed by atoms with E-state index in [0.29, 0.717) is 22.1 Å². The molecule has 0 bridgehead atoms. The third-order valence-corrected chi connectivity index (χ3v) is 5.96. The summed E-state index contributed by atoms with van der Waals surface area (Å²) < 4.78 is 32.9. The first-order chi connectivity index (χ1) is 13.8. The van der Waals surface area contributed by atoms with E-state index in [9.17, 15) is 13.2 Å². The number of carbonyl (C=O) groups excluding carboxylic acids is 1. The van der Waals surface area contributed by atoms with Crippen molar-refractivity contribution in [1.82, 2.24) is 0 Å². The van der Waals surface area contributed by atoms with Gasteiger partial charge in [-0.1, -0.05) is 23.7 Å². The van der Waals surface area contributed by atoms with Gasteiger partial charge in [-0.05, 0) is 67.1 Å². The van der Waals surface area contributed by atoms with Crippen LogP contribution in [0.3, 0.4) is 0 Å². The fraction of sp³-hybridized carbons (Fsp3) is 0.0952. The Kier molecular flexibility index (Phi) is 6.10. The van der Waals surface area contributed by atoms with Crippen LogP contribution in [-0.4, -0.2) is 21.4 Å². The largest absolute Gasteiger partial charge is 0.497 e. The molecule has 0 atom stereocenters. The summed E-state index contributed by atoms with van der Waals surface area (Å²) in [6.07, 6.45) is 0. The standard InChI is InChI=1S/C21H19ClN2O4S/c1-14-6-7-17(13-20(14)22)23-21(25)15-4-3-5-19(12-15)29(26,27)24-16-8-10-18(28-2)11-9-16/h3-13,24H,1-2H3,(H,23,25). The summed E-state index contributed by atoms with van der Waals surface area (Å²) in [5.41, 5.74) is 2.01. The Hall–Kier alpha value is -3.03. The number of hydrogen-bond donors (Lipinski definition) is 2. The van der Waals surface area contributed by atoms with Crippen molar-refractivity contribution in [2.24, 2.45) is 0 Å². The number of carbonyl (C=O) groups is 1. The summed E-state index contributed by atoms with van der Waals surface area (Å²) in [7, 11) is -2.34. The third kappa shape index (κ3) is 5.07. The molecule has 0 aliphatic carbocycles. The van der Waals surface area contributed by atoms with Crippen molar-refractivity contribution in [3.05, 3.63) is 82.9 Å². The van der Waals surface area contributed by atoms with Crippen LogP contribution in [0.25, 0.3) is 0 Å². The maximum atomic E-state index is 12.7. The van der Waals surface area contributed by atoms with Gasteiger partial charge in [0.1, 0.15) is 5.75 Å². The molecule has 1 amide bonds. The summed E-state index contributed by atoms with van der Waals surface area (Å²) in [5, 5.41) is 3.25. The van der Waals surface area contributed by atoms with Crippen LogP contribution in [0.1, 0.15) is 15.9 Å². The number of benzene rings is 3. The predicted octanol–water partition coefficient (Wildman–Crippen LogP) is 4.71. The van der Waals surface area contributed by atoms with Crippen LogP contribution in [0.5, 0.6) is 5.75 Å². The summed E-state index contributed by atoms with van der Waals surface area (Å²) in [6, 6.07) is 17.4. The van der Waals surface area contributed by atoms with Gasteiger partial charge in [0.25, 0.3) is 15.9 Å². The van der Waals surface area contributed by atoms with Crippen LogP contribution in [-0.2, 0) is 10.0 Å².